The highest BCUT2D eigenvalue weighted by molar-refractivity contribution is 5.59. The Morgan fingerprint density at radius 1 is 1.00 bits per heavy atom. The first-order valence-corrected chi connectivity index (χ1v) is 10.9. The maximum Gasteiger partial charge on any atom is 0.259 e. The molecule has 1 aliphatic heterocycles. The molecule has 5 rings (SSSR count). The maximum atomic E-state index is 13.7. The third kappa shape index (κ3) is 4.27. The van der Waals surface area contributed by atoms with E-state index in [-0.39, 0.29) is 5.56 Å². The van der Waals surface area contributed by atoms with Crippen molar-refractivity contribution in [1.29, 1.82) is 0 Å². The van der Waals surface area contributed by atoms with Gasteiger partial charge in [0.15, 0.2) is 0 Å². The van der Waals surface area contributed by atoms with Crippen LogP contribution in [0, 0.1) is 6.92 Å². The van der Waals surface area contributed by atoms with Gasteiger partial charge < -0.3 is 9.15 Å². The molecule has 3 heterocycles. The van der Waals surface area contributed by atoms with Gasteiger partial charge in [-0.15, -0.1) is 0 Å². The zero-order chi connectivity index (χ0) is 22.8. The zero-order valence-electron chi connectivity index (χ0n) is 18.8. The second-order valence-electron chi connectivity index (χ2n) is 8.19. The van der Waals surface area contributed by atoms with E-state index < -0.39 is 0 Å². The Kier molecular flexibility index (Phi) is 5.71. The Labute approximate surface area is 192 Å². The lowest BCUT2D eigenvalue weighted by molar-refractivity contribution is 0.176. The number of nitrogens with zero attached hydrogens (tertiary/aromatic N) is 4. The van der Waals surface area contributed by atoms with Gasteiger partial charge in [-0.1, -0.05) is 30.3 Å². The molecule has 168 valence electrons. The van der Waals surface area contributed by atoms with Gasteiger partial charge in [0.05, 0.1) is 38.9 Å². The van der Waals surface area contributed by atoms with Gasteiger partial charge in [0, 0.05) is 17.7 Å². The fourth-order valence-corrected chi connectivity index (χ4v) is 4.21. The van der Waals surface area contributed by atoms with E-state index in [0.29, 0.717) is 32.3 Å². The van der Waals surface area contributed by atoms with E-state index in [4.69, 9.17) is 14.1 Å². The number of hydrogen-bond donors (Lipinski definition) is 0. The normalized spacial score (nSPS) is 13.7. The zero-order valence-corrected chi connectivity index (χ0v) is 18.8. The molecule has 7 heteroatoms. The standard InChI is InChI=1S/C26H26N4O3/c1-19-24(15-20-7-4-3-5-8-20)25(31)30-18-28(16-23-9-6-14-33-23)17-29(26(30)27-19)21-10-12-22(32-2)13-11-21/h3-14H,15-18H2,1-2H3. The van der Waals surface area contributed by atoms with E-state index in [1.54, 1.807) is 17.9 Å². The van der Waals surface area contributed by atoms with Crippen LogP contribution < -0.4 is 15.2 Å². The number of methoxy groups -OCH3 is 1. The summed E-state index contributed by atoms with van der Waals surface area (Å²) < 4.78 is 12.6. The van der Waals surface area contributed by atoms with Crippen molar-refractivity contribution in [3.8, 4) is 5.75 Å². The van der Waals surface area contributed by atoms with E-state index in [9.17, 15) is 4.79 Å². The summed E-state index contributed by atoms with van der Waals surface area (Å²) in [6.07, 6.45) is 2.23. The van der Waals surface area contributed by atoms with Crippen LogP contribution in [0.4, 0.5) is 11.6 Å². The summed E-state index contributed by atoms with van der Waals surface area (Å²) in [5.74, 6) is 2.28. The first-order valence-electron chi connectivity index (χ1n) is 10.9. The van der Waals surface area contributed by atoms with Crippen molar-refractivity contribution in [2.45, 2.75) is 26.6 Å². The molecule has 0 radical (unpaired) electrons. The first kappa shape index (κ1) is 21.0. The van der Waals surface area contributed by atoms with E-state index in [1.165, 1.54) is 0 Å². The lowest BCUT2D eigenvalue weighted by atomic mass is 10.1. The van der Waals surface area contributed by atoms with E-state index >= 15 is 0 Å². The van der Waals surface area contributed by atoms with Crippen LogP contribution in [0.5, 0.6) is 5.75 Å². The summed E-state index contributed by atoms with van der Waals surface area (Å²) in [6.45, 7) is 3.53. The van der Waals surface area contributed by atoms with Gasteiger partial charge in [0.25, 0.3) is 5.56 Å². The number of aryl methyl sites for hydroxylation is 1. The van der Waals surface area contributed by atoms with Crippen molar-refractivity contribution in [2.75, 3.05) is 18.7 Å². The highest BCUT2D eigenvalue weighted by atomic mass is 16.5. The van der Waals surface area contributed by atoms with Crippen molar-refractivity contribution in [3.63, 3.8) is 0 Å². The average molecular weight is 443 g/mol. The molecule has 0 saturated carbocycles. The summed E-state index contributed by atoms with van der Waals surface area (Å²) in [6, 6.07) is 21.7. The monoisotopic (exact) mass is 442 g/mol. The first-order chi connectivity index (χ1) is 16.1. The molecule has 0 N–H and O–H groups in total. The smallest absolute Gasteiger partial charge is 0.259 e. The predicted octanol–water partition coefficient (Wildman–Crippen LogP) is 4.31. The number of ether oxygens (including phenoxy) is 1. The topological polar surface area (TPSA) is 63.7 Å². The summed E-state index contributed by atoms with van der Waals surface area (Å²) in [7, 11) is 1.65. The van der Waals surface area contributed by atoms with Crippen LogP contribution in [-0.2, 0) is 19.6 Å². The fraction of sp³-hybridized carbons (Fsp3) is 0.231. The number of anilines is 2. The van der Waals surface area contributed by atoms with E-state index in [2.05, 4.69) is 9.80 Å². The van der Waals surface area contributed by atoms with Crippen LogP contribution in [0.1, 0.15) is 22.6 Å². The molecule has 4 aromatic rings. The Bertz CT molecular complexity index is 1280. The molecule has 2 aromatic heterocycles. The van der Waals surface area contributed by atoms with Gasteiger partial charge in [-0.05, 0) is 48.9 Å². The highest BCUT2D eigenvalue weighted by Gasteiger charge is 2.28. The number of benzene rings is 2. The molecule has 0 atom stereocenters. The largest absolute Gasteiger partial charge is 0.497 e. The van der Waals surface area contributed by atoms with Gasteiger partial charge in [-0.2, -0.15) is 0 Å². The van der Waals surface area contributed by atoms with Gasteiger partial charge in [-0.25, -0.2) is 4.98 Å². The van der Waals surface area contributed by atoms with Gasteiger partial charge in [0.1, 0.15) is 11.5 Å². The molecule has 0 spiro atoms. The number of furan rings is 1. The van der Waals surface area contributed by atoms with Crippen molar-refractivity contribution in [1.82, 2.24) is 14.5 Å². The van der Waals surface area contributed by atoms with Crippen LogP contribution >= 0.6 is 0 Å². The molecule has 0 saturated heterocycles. The minimum absolute atomic E-state index is 0.0102. The maximum absolute atomic E-state index is 13.7. The summed E-state index contributed by atoms with van der Waals surface area (Å²) in [5.41, 5.74) is 3.50. The number of fused-ring (bicyclic) bond motifs is 1. The molecular formula is C26H26N4O3. The van der Waals surface area contributed by atoms with Gasteiger partial charge in [-0.3, -0.25) is 19.2 Å². The molecule has 0 bridgehead atoms. The lowest BCUT2D eigenvalue weighted by Crippen LogP contribution is -2.47. The van der Waals surface area contributed by atoms with E-state index in [0.717, 1.165) is 34.0 Å². The van der Waals surface area contributed by atoms with Crippen LogP contribution in [-0.4, -0.2) is 28.2 Å². The summed E-state index contributed by atoms with van der Waals surface area (Å²) in [5, 5.41) is 0. The second-order valence-corrected chi connectivity index (χ2v) is 8.19. The lowest BCUT2D eigenvalue weighted by Gasteiger charge is -2.38. The highest BCUT2D eigenvalue weighted by Crippen LogP contribution is 2.30. The number of rotatable bonds is 6. The SMILES string of the molecule is COc1ccc(N2CN(Cc3ccco3)Cn3c2nc(C)c(Cc2ccccc2)c3=O)cc1. The molecule has 0 fully saturated rings. The molecule has 0 unspecified atom stereocenters. The Balaban J connectivity index is 1.57. The molecule has 0 amide bonds. The van der Waals surface area contributed by atoms with Crippen LogP contribution in [0.25, 0.3) is 0 Å². The third-order valence-electron chi connectivity index (χ3n) is 5.94. The van der Waals surface area contributed by atoms with Crippen molar-refractivity contribution in [2.24, 2.45) is 0 Å². The number of hydrogen-bond acceptors (Lipinski definition) is 6. The predicted molar refractivity (Wildman–Crippen MR) is 127 cm³/mol. The summed E-state index contributed by atoms with van der Waals surface area (Å²) >= 11 is 0. The molecule has 7 nitrogen and oxygen atoms in total. The summed E-state index contributed by atoms with van der Waals surface area (Å²) in [4.78, 5) is 22.8. The second kappa shape index (κ2) is 8.96. The third-order valence-corrected chi connectivity index (χ3v) is 5.94. The molecule has 0 aliphatic carbocycles. The van der Waals surface area contributed by atoms with Crippen molar-refractivity contribution >= 4 is 11.6 Å². The van der Waals surface area contributed by atoms with Crippen LogP contribution in [0.15, 0.2) is 82.2 Å². The van der Waals surface area contributed by atoms with Gasteiger partial charge in [0.2, 0.25) is 5.95 Å². The van der Waals surface area contributed by atoms with Crippen molar-refractivity contribution in [3.05, 3.63) is 106 Å². The molecular weight excluding hydrogens is 416 g/mol. The molecule has 33 heavy (non-hydrogen) atoms. The molecule has 2 aromatic carbocycles. The Morgan fingerprint density at radius 3 is 2.48 bits per heavy atom. The van der Waals surface area contributed by atoms with Crippen molar-refractivity contribution < 1.29 is 9.15 Å². The Morgan fingerprint density at radius 2 is 1.79 bits per heavy atom. The minimum Gasteiger partial charge on any atom is -0.497 e. The fourth-order valence-electron chi connectivity index (χ4n) is 4.21. The van der Waals surface area contributed by atoms with Crippen LogP contribution in [0.3, 0.4) is 0 Å². The Hall–Kier alpha value is -3.84. The van der Waals surface area contributed by atoms with E-state index in [1.807, 2.05) is 73.7 Å². The van der Waals surface area contributed by atoms with Gasteiger partial charge >= 0.3 is 0 Å². The average Bonchev–Trinajstić information content (AvgIpc) is 3.36. The number of aromatic nitrogens is 2. The molecule has 1 aliphatic rings. The quantitative estimate of drug-likeness (QED) is 0.443. The minimum atomic E-state index is -0.0102. The van der Waals surface area contributed by atoms with Crippen LogP contribution in [0.2, 0.25) is 0 Å².